The average molecular weight is 322 g/mol. The van der Waals surface area contributed by atoms with Gasteiger partial charge in [-0.05, 0) is 36.6 Å². The maximum absolute atomic E-state index is 12.2. The number of pyridine rings is 1. The smallest absolute Gasteiger partial charge is 0.256 e. The molecule has 1 aromatic heterocycles. The zero-order valence-corrected chi connectivity index (χ0v) is 14.0. The molecule has 0 fully saturated rings. The highest BCUT2D eigenvalue weighted by Crippen LogP contribution is 2.16. The number of amidine groups is 1. The van der Waals surface area contributed by atoms with E-state index in [1.165, 1.54) is 0 Å². The molecule has 0 radical (unpaired) electrons. The maximum atomic E-state index is 12.2. The largest absolute Gasteiger partial charge is 0.368 e. The molecule has 1 aliphatic rings. The Morgan fingerprint density at radius 2 is 2.08 bits per heavy atom. The minimum absolute atomic E-state index is 0.167. The Labute approximate surface area is 142 Å². The number of nitrogens with one attached hydrogen (secondary N) is 2. The number of rotatable bonds is 5. The molecule has 5 nitrogen and oxygen atoms in total. The molecule has 2 aromatic rings. The minimum Gasteiger partial charge on any atom is -0.368 e. The van der Waals surface area contributed by atoms with Crippen LogP contribution in [0.15, 0.2) is 53.7 Å². The number of aliphatic imine (C=N–C) groups is 1. The maximum Gasteiger partial charge on any atom is 0.256 e. The van der Waals surface area contributed by atoms with Crippen molar-refractivity contribution >= 4 is 17.6 Å². The summed E-state index contributed by atoms with van der Waals surface area (Å²) in [6, 6.07) is 13.2. The summed E-state index contributed by atoms with van der Waals surface area (Å²) in [4.78, 5) is 21.2. The third-order valence-corrected chi connectivity index (χ3v) is 3.87. The van der Waals surface area contributed by atoms with Gasteiger partial charge in [-0.3, -0.25) is 9.79 Å². The molecule has 3 rings (SSSR count). The fourth-order valence-corrected chi connectivity index (χ4v) is 2.77. The second-order valence-corrected chi connectivity index (χ2v) is 6.39. The van der Waals surface area contributed by atoms with E-state index in [9.17, 15) is 4.79 Å². The first-order valence-electron chi connectivity index (χ1n) is 8.26. The van der Waals surface area contributed by atoms with Crippen LogP contribution in [0, 0.1) is 5.92 Å². The van der Waals surface area contributed by atoms with E-state index in [4.69, 9.17) is 4.99 Å². The van der Waals surface area contributed by atoms with E-state index in [0.717, 1.165) is 24.4 Å². The Kier molecular flexibility index (Phi) is 4.89. The first-order valence-corrected chi connectivity index (χ1v) is 8.26. The van der Waals surface area contributed by atoms with Gasteiger partial charge in [0.1, 0.15) is 11.7 Å². The lowest BCUT2D eigenvalue weighted by Crippen LogP contribution is -2.22. The van der Waals surface area contributed by atoms with Crippen molar-refractivity contribution in [2.75, 3.05) is 11.9 Å². The van der Waals surface area contributed by atoms with Crippen LogP contribution in [0.5, 0.6) is 0 Å². The predicted octanol–water partition coefficient (Wildman–Crippen LogP) is 3.10. The number of aromatic nitrogens is 1. The Morgan fingerprint density at radius 3 is 2.83 bits per heavy atom. The Hall–Kier alpha value is -2.69. The summed E-state index contributed by atoms with van der Waals surface area (Å²) in [6.07, 6.45) is 2.76. The van der Waals surface area contributed by atoms with Crippen molar-refractivity contribution in [3.63, 3.8) is 0 Å². The number of amides is 1. The van der Waals surface area contributed by atoms with Gasteiger partial charge in [0, 0.05) is 23.9 Å². The molecule has 124 valence electrons. The number of carbonyl (C=O) groups is 1. The monoisotopic (exact) mass is 322 g/mol. The van der Waals surface area contributed by atoms with Crippen LogP contribution in [-0.4, -0.2) is 29.3 Å². The first kappa shape index (κ1) is 16.2. The molecule has 1 aromatic carbocycles. The van der Waals surface area contributed by atoms with Crippen LogP contribution in [0.1, 0.15) is 36.2 Å². The molecule has 1 unspecified atom stereocenters. The summed E-state index contributed by atoms with van der Waals surface area (Å²) in [5.74, 6) is 1.86. The lowest BCUT2D eigenvalue weighted by atomic mass is 10.1. The highest BCUT2D eigenvalue weighted by molar-refractivity contribution is 6.05. The molecule has 0 aliphatic carbocycles. The van der Waals surface area contributed by atoms with Gasteiger partial charge >= 0.3 is 0 Å². The topological polar surface area (TPSA) is 66.4 Å². The third-order valence-electron chi connectivity index (χ3n) is 3.87. The van der Waals surface area contributed by atoms with Crippen LogP contribution in [-0.2, 0) is 0 Å². The Balaban J connectivity index is 1.72. The van der Waals surface area contributed by atoms with E-state index in [-0.39, 0.29) is 5.91 Å². The van der Waals surface area contributed by atoms with Crippen LogP contribution in [0.2, 0.25) is 0 Å². The van der Waals surface area contributed by atoms with Crippen molar-refractivity contribution in [1.29, 1.82) is 0 Å². The summed E-state index contributed by atoms with van der Waals surface area (Å²) in [7, 11) is 0. The van der Waals surface area contributed by atoms with Crippen molar-refractivity contribution < 1.29 is 4.79 Å². The van der Waals surface area contributed by atoms with Gasteiger partial charge < -0.3 is 10.6 Å². The van der Waals surface area contributed by atoms with Gasteiger partial charge in [0.05, 0.1) is 6.04 Å². The average Bonchev–Trinajstić information content (AvgIpc) is 3.03. The van der Waals surface area contributed by atoms with Crippen LogP contribution < -0.4 is 10.6 Å². The summed E-state index contributed by atoms with van der Waals surface area (Å²) < 4.78 is 0. The molecule has 1 amide bonds. The summed E-state index contributed by atoms with van der Waals surface area (Å²) >= 11 is 0. The molecule has 24 heavy (non-hydrogen) atoms. The SMILES string of the molecule is CC(C)CC1CNC(c2ccnc(NC(=O)c3ccccc3)c2)=N1. The number of nitrogens with zero attached hydrogens (tertiary/aromatic N) is 2. The van der Waals surface area contributed by atoms with Crippen LogP contribution >= 0.6 is 0 Å². The molecule has 5 heteroatoms. The van der Waals surface area contributed by atoms with E-state index in [1.54, 1.807) is 18.3 Å². The summed E-state index contributed by atoms with van der Waals surface area (Å²) in [5, 5.41) is 6.18. The van der Waals surface area contributed by atoms with E-state index in [1.807, 2.05) is 30.3 Å². The Morgan fingerprint density at radius 1 is 1.29 bits per heavy atom. The van der Waals surface area contributed by atoms with E-state index >= 15 is 0 Å². The molecule has 0 spiro atoms. The standard InChI is InChI=1S/C19H22N4O/c1-13(2)10-16-12-21-18(22-16)15-8-9-20-17(11-15)23-19(24)14-6-4-3-5-7-14/h3-9,11,13,16H,10,12H2,1-2H3,(H,21,22)(H,20,23,24). The number of benzene rings is 1. The number of carbonyl (C=O) groups excluding carboxylic acids is 1. The van der Waals surface area contributed by atoms with Gasteiger partial charge in [-0.1, -0.05) is 32.0 Å². The molecule has 1 aliphatic heterocycles. The van der Waals surface area contributed by atoms with Crippen LogP contribution in [0.4, 0.5) is 5.82 Å². The molecule has 0 saturated heterocycles. The Bertz CT molecular complexity index is 740. The quantitative estimate of drug-likeness (QED) is 0.889. The highest BCUT2D eigenvalue weighted by Gasteiger charge is 2.19. The van der Waals surface area contributed by atoms with E-state index in [0.29, 0.717) is 23.3 Å². The summed E-state index contributed by atoms with van der Waals surface area (Å²) in [5.41, 5.74) is 1.55. The third kappa shape index (κ3) is 3.98. The van der Waals surface area contributed by atoms with E-state index < -0.39 is 0 Å². The van der Waals surface area contributed by atoms with Gasteiger partial charge in [0.2, 0.25) is 0 Å². The van der Waals surface area contributed by atoms with Crippen LogP contribution in [0.25, 0.3) is 0 Å². The van der Waals surface area contributed by atoms with Gasteiger partial charge in [-0.2, -0.15) is 0 Å². The normalized spacial score (nSPS) is 16.6. The van der Waals surface area contributed by atoms with Crippen molar-refractivity contribution in [3.8, 4) is 0 Å². The van der Waals surface area contributed by atoms with Gasteiger partial charge in [0.25, 0.3) is 5.91 Å². The van der Waals surface area contributed by atoms with Crippen LogP contribution in [0.3, 0.4) is 0 Å². The molecule has 0 saturated carbocycles. The van der Waals surface area contributed by atoms with Crippen molar-refractivity contribution in [2.45, 2.75) is 26.3 Å². The van der Waals surface area contributed by atoms with Gasteiger partial charge in [0.15, 0.2) is 0 Å². The fraction of sp³-hybridized carbons (Fsp3) is 0.316. The second-order valence-electron chi connectivity index (χ2n) is 6.39. The molecular formula is C19H22N4O. The lowest BCUT2D eigenvalue weighted by Gasteiger charge is -2.07. The highest BCUT2D eigenvalue weighted by atomic mass is 16.1. The fourth-order valence-electron chi connectivity index (χ4n) is 2.77. The minimum atomic E-state index is -0.167. The number of anilines is 1. The predicted molar refractivity (Wildman–Crippen MR) is 96.4 cm³/mol. The molecule has 1 atom stereocenters. The number of hydrogen-bond donors (Lipinski definition) is 2. The molecule has 0 bridgehead atoms. The first-order chi connectivity index (χ1) is 11.6. The zero-order chi connectivity index (χ0) is 16.9. The van der Waals surface area contributed by atoms with Crippen molar-refractivity contribution in [3.05, 3.63) is 59.8 Å². The molecule has 2 heterocycles. The summed E-state index contributed by atoms with van der Waals surface area (Å²) in [6.45, 7) is 5.27. The van der Waals surface area contributed by atoms with Gasteiger partial charge in [-0.25, -0.2) is 4.98 Å². The van der Waals surface area contributed by atoms with Crippen molar-refractivity contribution in [2.24, 2.45) is 10.9 Å². The zero-order valence-electron chi connectivity index (χ0n) is 14.0. The van der Waals surface area contributed by atoms with E-state index in [2.05, 4.69) is 29.5 Å². The number of hydrogen-bond acceptors (Lipinski definition) is 4. The van der Waals surface area contributed by atoms with Crippen molar-refractivity contribution in [1.82, 2.24) is 10.3 Å². The molecular weight excluding hydrogens is 300 g/mol. The second kappa shape index (κ2) is 7.25. The lowest BCUT2D eigenvalue weighted by molar-refractivity contribution is 0.102. The molecule has 2 N–H and O–H groups in total. The van der Waals surface area contributed by atoms with Gasteiger partial charge in [-0.15, -0.1) is 0 Å².